The molecule has 180 valence electrons. The minimum atomic E-state index is -0.0876. The molecule has 3 aromatic carbocycles. The van der Waals surface area contributed by atoms with Crippen molar-refractivity contribution in [3.05, 3.63) is 72.3 Å². The Balaban J connectivity index is 1.72. The molecule has 1 aromatic heterocycles. The normalized spacial score (nSPS) is 10.8. The number of aromatic nitrogens is 2. The fourth-order valence-electron chi connectivity index (χ4n) is 3.95. The van der Waals surface area contributed by atoms with E-state index < -0.39 is 0 Å². The van der Waals surface area contributed by atoms with E-state index in [0.717, 1.165) is 52.4 Å². The number of hydrogen-bond acceptors (Lipinski definition) is 5. The van der Waals surface area contributed by atoms with Gasteiger partial charge in [0.05, 0.1) is 36.6 Å². The standard InChI is InChI=1S/C29H31N3O3/c1-4-5-6-7-18-30-29(33)22-12-17-25-26(19-22)32-28(21-10-15-24(35-3)16-11-21)27(31-25)20-8-13-23(34-2)14-9-20/h8-17,19H,4-7,18H2,1-3H3,(H,30,33). The van der Waals surface area contributed by atoms with Gasteiger partial charge in [-0.15, -0.1) is 0 Å². The van der Waals surface area contributed by atoms with Crippen LogP contribution in [0.3, 0.4) is 0 Å². The van der Waals surface area contributed by atoms with Crippen LogP contribution in [0.5, 0.6) is 11.5 Å². The number of hydrogen-bond donors (Lipinski definition) is 1. The molecular formula is C29H31N3O3. The molecule has 0 bridgehead atoms. The van der Waals surface area contributed by atoms with Crippen LogP contribution >= 0.6 is 0 Å². The molecule has 0 aliphatic rings. The van der Waals surface area contributed by atoms with Gasteiger partial charge in [-0.25, -0.2) is 9.97 Å². The molecule has 0 saturated carbocycles. The summed E-state index contributed by atoms with van der Waals surface area (Å²) in [6.45, 7) is 2.85. The molecule has 0 atom stereocenters. The number of ether oxygens (including phenoxy) is 2. The van der Waals surface area contributed by atoms with Gasteiger partial charge in [-0.1, -0.05) is 26.2 Å². The molecule has 1 heterocycles. The number of amides is 1. The summed E-state index contributed by atoms with van der Waals surface area (Å²) in [5.74, 6) is 1.46. The van der Waals surface area contributed by atoms with Crippen molar-refractivity contribution in [3.8, 4) is 34.0 Å². The van der Waals surface area contributed by atoms with Crippen LogP contribution < -0.4 is 14.8 Å². The predicted molar refractivity (Wildman–Crippen MR) is 140 cm³/mol. The van der Waals surface area contributed by atoms with Gasteiger partial charge in [-0.3, -0.25) is 4.79 Å². The SMILES string of the molecule is CCCCCCNC(=O)c1ccc2nc(-c3ccc(OC)cc3)c(-c3ccc(OC)cc3)nc2c1. The molecule has 0 fully saturated rings. The first kappa shape index (κ1) is 24.2. The molecule has 4 aromatic rings. The number of rotatable bonds is 10. The second-order valence-electron chi connectivity index (χ2n) is 8.40. The Hall–Kier alpha value is -3.93. The lowest BCUT2D eigenvalue weighted by Gasteiger charge is -2.12. The van der Waals surface area contributed by atoms with Crippen LogP contribution in [-0.4, -0.2) is 36.6 Å². The third-order valence-electron chi connectivity index (χ3n) is 5.97. The van der Waals surface area contributed by atoms with Gasteiger partial charge in [-0.2, -0.15) is 0 Å². The highest BCUT2D eigenvalue weighted by Crippen LogP contribution is 2.33. The van der Waals surface area contributed by atoms with Gasteiger partial charge in [0.1, 0.15) is 11.5 Å². The van der Waals surface area contributed by atoms with Crippen molar-refractivity contribution >= 4 is 16.9 Å². The number of unbranched alkanes of at least 4 members (excludes halogenated alkanes) is 3. The van der Waals surface area contributed by atoms with Crippen molar-refractivity contribution in [3.63, 3.8) is 0 Å². The van der Waals surface area contributed by atoms with E-state index in [-0.39, 0.29) is 5.91 Å². The number of carbonyl (C=O) groups excluding carboxylic acids is 1. The Morgan fingerprint density at radius 3 is 1.86 bits per heavy atom. The third kappa shape index (κ3) is 5.77. The van der Waals surface area contributed by atoms with Crippen molar-refractivity contribution in [2.75, 3.05) is 20.8 Å². The zero-order valence-electron chi connectivity index (χ0n) is 20.5. The number of fused-ring (bicyclic) bond motifs is 1. The Kier molecular flexibility index (Phi) is 7.93. The van der Waals surface area contributed by atoms with Crippen LogP contribution in [0.4, 0.5) is 0 Å². The predicted octanol–water partition coefficient (Wildman–Crippen LogP) is 6.29. The molecule has 6 heteroatoms. The quantitative estimate of drug-likeness (QED) is 0.276. The molecule has 0 spiro atoms. The van der Waals surface area contributed by atoms with E-state index in [1.165, 1.54) is 12.8 Å². The van der Waals surface area contributed by atoms with Crippen LogP contribution in [0.15, 0.2) is 66.7 Å². The van der Waals surface area contributed by atoms with Crippen LogP contribution in [-0.2, 0) is 0 Å². The minimum Gasteiger partial charge on any atom is -0.497 e. The number of methoxy groups -OCH3 is 2. The fourth-order valence-corrected chi connectivity index (χ4v) is 3.95. The molecule has 1 amide bonds. The van der Waals surface area contributed by atoms with Gasteiger partial charge in [0.2, 0.25) is 0 Å². The smallest absolute Gasteiger partial charge is 0.251 e. The summed E-state index contributed by atoms with van der Waals surface area (Å²) in [6.07, 6.45) is 4.47. The Bertz CT molecular complexity index is 1290. The molecule has 35 heavy (non-hydrogen) atoms. The van der Waals surface area contributed by atoms with E-state index in [1.54, 1.807) is 14.2 Å². The lowest BCUT2D eigenvalue weighted by molar-refractivity contribution is 0.0953. The lowest BCUT2D eigenvalue weighted by Crippen LogP contribution is -2.24. The van der Waals surface area contributed by atoms with E-state index >= 15 is 0 Å². The molecule has 0 unspecified atom stereocenters. The van der Waals surface area contributed by atoms with Gasteiger partial charge >= 0.3 is 0 Å². The third-order valence-corrected chi connectivity index (χ3v) is 5.97. The number of carbonyl (C=O) groups is 1. The van der Waals surface area contributed by atoms with E-state index in [2.05, 4.69) is 12.2 Å². The van der Waals surface area contributed by atoms with Crippen LogP contribution in [0.1, 0.15) is 43.0 Å². The van der Waals surface area contributed by atoms with Crippen molar-refractivity contribution in [1.82, 2.24) is 15.3 Å². The maximum atomic E-state index is 12.7. The zero-order valence-corrected chi connectivity index (χ0v) is 20.5. The fraction of sp³-hybridized carbons (Fsp3) is 0.276. The summed E-state index contributed by atoms with van der Waals surface area (Å²) in [5, 5.41) is 3.02. The van der Waals surface area contributed by atoms with Gasteiger partial charge < -0.3 is 14.8 Å². The highest BCUT2D eigenvalue weighted by molar-refractivity contribution is 5.98. The average Bonchev–Trinajstić information content (AvgIpc) is 2.92. The van der Waals surface area contributed by atoms with Gasteiger partial charge in [0, 0.05) is 23.2 Å². The molecule has 0 saturated heterocycles. The highest BCUT2D eigenvalue weighted by Gasteiger charge is 2.15. The van der Waals surface area contributed by atoms with Crippen molar-refractivity contribution in [2.24, 2.45) is 0 Å². The average molecular weight is 470 g/mol. The second-order valence-corrected chi connectivity index (χ2v) is 8.40. The Labute approximate surface area is 206 Å². The van der Waals surface area contributed by atoms with Gasteiger partial charge in [0.25, 0.3) is 5.91 Å². The Morgan fingerprint density at radius 2 is 1.31 bits per heavy atom. The first-order chi connectivity index (χ1) is 17.1. The summed E-state index contributed by atoms with van der Waals surface area (Å²) in [4.78, 5) is 22.6. The molecule has 4 rings (SSSR count). The molecule has 6 nitrogen and oxygen atoms in total. The summed E-state index contributed by atoms with van der Waals surface area (Å²) >= 11 is 0. The molecule has 0 aliphatic carbocycles. The minimum absolute atomic E-state index is 0.0876. The summed E-state index contributed by atoms with van der Waals surface area (Å²) in [7, 11) is 3.29. The monoisotopic (exact) mass is 469 g/mol. The van der Waals surface area contributed by atoms with Gasteiger partial charge in [-0.05, 0) is 73.2 Å². The first-order valence-corrected chi connectivity index (χ1v) is 12.0. The highest BCUT2D eigenvalue weighted by atomic mass is 16.5. The summed E-state index contributed by atoms with van der Waals surface area (Å²) in [6, 6.07) is 21.0. The largest absolute Gasteiger partial charge is 0.497 e. The van der Waals surface area contributed by atoms with Crippen LogP contribution in [0.25, 0.3) is 33.5 Å². The molecular weight excluding hydrogens is 438 g/mol. The maximum Gasteiger partial charge on any atom is 0.251 e. The van der Waals surface area contributed by atoms with E-state index in [9.17, 15) is 4.79 Å². The van der Waals surface area contributed by atoms with E-state index in [4.69, 9.17) is 19.4 Å². The van der Waals surface area contributed by atoms with Crippen LogP contribution in [0, 0.1) is 0 Å². The molecule has 0 aliphatic heterocycles. The lowest BCUT2D eigenvalue weighted by atomic mass is 10.0. The second kappa shape index (κ2) is 11.5. The number of nitrogens with zero attached hydrogens (tertiary/aromatic N) is 2. The zero-order chi connectivity index (χ0) is 24.6. The van der Waals surface area contributed by atoms with E-state index in [1.807, 2.05) is 66.7 Å². The number of nitrogens with one attached hydrogen (secondary N) is 1. The summed E-state index contributed by atoms with van der Waals surface area (Å²) < 4.78 is 10.6. The topological polar surface area (TPSA) is 73.3 Å². The molecule has 0 radical (unpaired) electrons. The van der Waals surface area contributed by atoms with Gasteiger partial charge in [0.15, 0.2) is 0 Å². The number of benzene rings is 3. The summed E-state index contributed by atoms with van der Waals surface area (Å²) in [5.41, 5.74) is 5.33. The molecule has 1 N–H and O–H groups in total. The van der Waals surface area contributed by atoms with Crippen molar-refractivity contribution in [2.45, 2.75) is 32.6 Å². The van der Waals surface area contributed by atoms with Crippen molar-refractivity contribution in [1.29, 1.82) is 0 Å². The maximum absolute atomic E-state index is 12.7. The Morgan fingerprint density at radius 1 is 0.743 bits per heavy atom. The van der Waals surface area contributed by atoms with E-state index in [0.29, 0.717) is 17.6 Å². The van der Waals surface area contributed by atoms with Crippen LogP contribution in [0.2, 0.25) is 0 Å². The van der Waals surface area contributed by atoms with Crippen molar-refractivity contribution < 1.29 is 14.3 Å². The first-order valence-electron chi connectivity index (χ1n) is 12.0.